The highest BCUT2D eigenvalue weighted by Gasteiger charge is 2.51. The first kappa shape index (κ1) is 22.0. The van der Waals surface area contributed by atoms with Crippen molar-refractivity contribution in [3.05, 3.63) is 60.2 Å². The molecule has 2 fully saturated rings. The van der Waals surface area contributed by atoms with E-state index in [0.717, 1.165) is 11.8 Å². The standard InChI is InChI=1S/C23H24F3NO3S/c1-31(28,29)30-22-12-17-13-23(25,26)10-9-20(17)21(22)8-7-19-6-5-16(14-27-19)15-3-2-4-18(24)11-15/h2-8,11,14,17,20-22H,9-10,12-13H2,1H3/b8-7+/t17-,20-,21+,22+/m1/s1. The van der Waals surface area contributed by atoms with E-state index in [0.29, 0.717) is 24.1 Å². The zero-order valence-corrected chi connectivity index (χ0v) is 17.9. The number of halogens is 3. The highest BCUT2D eigenvalue weighted by molar-refractivity contribution is 7.86. The third-order valence-electron chi connectivity index (χ3n) is 6.20. The Morgan fingerprint density at radius 1 is 1.19 bits per heavy atom. The van der Waals surface area contributed by atoms with Crippen molar-refractivity contribution in [2.75, 3.05) is 6.26 Å². The number of benzene rings is 1. The number of aromatic nitrogens is 1. The molecule has 0 saturated heterocycles. The van der Waals surface area contributed by atoms with E-state index >= 15 is 0 Å². The molecule has 2 aliphatic carbocycles. The van der Waals surface area contributed by atoms with Gasteiger partial charge in [-0.25, -0.2) is 13.2 Å². The summed E-state index contributed by atoms with van der Waals surface area (Å²) in [6, 6.07) is 9.83. The van der Waals surface area contributed by atoms with Gasteiger partial charge in [0.2, 0.25) is 5.92 Å². The van der Waals surface area contributed by atoms with E-state index in [9.17, 15) is 21.6 Å². The first-order chi connectivity index (χ1) is 14.6. The van der Waals surface area contributed by atoms with Crippen LogP contribution in [0.1, 0.15) is 31.4 Å². The lowest BCUT2D eigenvalue weighted by Crippen LogP contribution is -2.31. The highest BCUT2D eigenvalue weighted by Crippen LogP contribution is 2.52. The minimum atomic E-state index is -3.70. The number of fused-ring (bicyclic) bond motifs is 1. The molecule has 2 aliphatic rings. The Morgan fingerprint density at radius 3 is 2.68 bits per heavy atom. The molecule has 0 bridgehead atoms. The fourth-order valence-electron chi connectivity index (χ4n) is 4.89. The maximum absolute atomic E-state index is 13.9. The third-order valence-corrected chi connectivity index (χ3v) is 6.80. The lowest BCUT2D eigenvalue weighted by molar-refractivity contribution is -0.0659. The van der Waals surface area contributed by atoms with Crippen molar-refractivity contribution in [1.29, 1.82) is 0 Å². The van der Waals surface area contributed by atoms with Crippen LogP contribution in [0.15, 0.2) is 48.7 Å². The summed E-state index contributed by atoms with van der Waals surface area (Å²) in [6.45, 7) is 0. The largest absolute Gasteiger partial charge is 0.266 e. The predicted molar refractivity (Wildman–Crippen MR) is 112 cm³/mol. The van der Waals surface area contributed by atoms with E-state index < -0.39 is 22.1 Å². The van der Waals surface area contributed by atoms with Gasteiger partial charge in [-0.1, -0.05) is 24.3 Å². The Bertz CT molecular complexity index is 1070. The van der Waals surface area contributed by atoms with E-state index in [-0.39, 0.29) is 36.4 Å². The molecule has 2 aromatic rings. The molecule has 0 spiro atoms. The van der Waals surface area contributed by atoms with E-state index in [4.69, 9.17) is 4.18 Å². The minimum Gasteiger partial charge on any atom is -0.266 e. The molecule has 4 nitrogen and oxygen atoms in total. The van der Waals surface area contributed by atoms with Crippen molar-refractivity contribution in [3.63, 3.8) is 0 Å². The first-order valence-corrected chi connectivity index (χ1v) is 12.1. The van der Waals surface area contributed by atoms with Gasteiger partial charge in [-0.2, -0.15) is 8.42 Å². The van der Waals surface area contributed by atoms with Crippen LogP contribution in [0.5, 0.6) is 0 Å². The van der Waals surface area contributed by atoms with Crippen molar-refractivity contribution in [2.45, 2.75) is 37.7 Å². The molecule has 166 valence electrons. The van der Waals surface area contributed by atoms with E-state index in [1.807, 2.05) is 12.1 Å². The second-order valence-electron chi connectivity index (χ2n) is 8.52. The molecule has 1 aromatic carbocycles. The van der Waals surface area contributed by atoms with Crippen LogP contribution in [-0.2, 0) is 14.3 Å². The summed E-state index contributed by atoms with van der Waals surface area (Å²) in [5.74, 6) is -3.63. The van der Waals surface area contributed by atoms with Crippen LogP contribution in [0.25, 0.3) is 17.2 Å². The van der Waals surface area contributed by atoms with Gasteiger partial charge in [0, 0.05) is 30.5 Å². The summed E-state index contributed by atoms with van der Waals surface area (Å²) in [5.41, 5.74) is 2.12. The second-order valence-corrected chi connectivity index (χ2v) is 10.1. The van der Waals surface area contributed by atoms with Crippen molar-refractivity contribution >= 4 is 16.2 Å². The van der Waals surface area contributed by atoms with E-state index in [1.54, 1.807) is 30.5 Å². The summed E-state index contributed by atoms with van der Waals surface area (Å²) < 4.78 is 69.9. The predicted octanol–water partition coefficient (Wildman–Crippen LogP) is 5.32. The van der Waals surface area contributed by atoms with Crippen molar-refractivity contribution in [2.24, 2.45) is 17.8 Å². The lowest BCUT2D eigenvalue weighted by atomic mass is 9.76. The van der Waals surface area contributed by atoms with Gasteiger partial charge < -0.3 is 0 Å². The van der Waals surface area contributed by atoms with Crippen LogP contribution >= 0.6 is 0 Å². The van der Waals surface area contributed by atoms with Crippen LogP contribution in [0.3, 0.4) is 0 Å². The summed E-state index contributed by atoms with van der Waals surface area (Å²) in [6.07, 6.45) is 5.80. The molecule has 2 saturated carbocycles. The summed E-state index contributed by atoms with van der Waals surface area (Å²) in [5, 5.41) is 0. The fraction of sp³-hybridized carbons (Fsp3) is 0.435. The molecular weight excluding hydrogens is 427 g/mol. The monoisotopic (exact) mass is 451 g/mol. The average Bonchev–Trinajstić information content (AvgIpc) is 2.99. The van der Waals surface area contributed by atoms with Crippen molar-refractivity contribution < 1.29 is 25.8 Å². The van der Waals surface area contributed by atoms with E-state index in [1.165, 1.54) is 12.1 Å². The Labute approximate surface area is 180 Å². The Hall–Kier alpha value is -2.19. The van der Waals surface area contributed by atoms with Gasteiger partial charge in [-0.05, 0) is 54.5 Å². The zero-order chi connectivity index (χ0) is 22.2. The average molecular weight is 452 g/mol. The number of alkyl halides is 2. The van der Waals surface area contributed by atoms with Gasteiger partial charge in [-0.15, -0.1) is 0 Å². The number of pyridine rings is 1. The SMILES string of the molecule is CS(=O)(=O)O[C@H]1C[C@@H]2CC(F)(F)CC[C@H]2[C@@H]1/C=C/c1ccc(-c2cccc(F)c2)cn1. The van der Waals surface area contributed by atoms with Gasteiger partial charge in [0.05, 0.1) is 18.1 Å². The van der Waals surface area contributed by atoms with E-state index in [2.05, 4.69) is 4.98 Å². The molecule has 8 heteroatoms. The minimum absolute atomic E-state index is 0.0470. The molecule has 0 unspecified atom stereocenters. The molecule has 0 radical (unpaired) electrons. The molecule has 1 aromatic heterocycles. The maximum atomic E-state index is 13.9. The molecule has 4 rings (SSSR count). The lowest BCUT2D eigenvalue weighted by Gasteiger charge is -2.33. The summed E-state index contributed by atoms with van der Waals surface area (Å²) in [7, 11) is -3.70. The summed E-state index contributed by atoms with van der Waals surface area (Å²) >= 11 is 0. The number of hydrogen-bond acceptors (Lipinski definition) is 4. The van der Waals surface area contributed by atoms with Gasteiger partial charge in [0.25, 0.3) is 10.1 Å². The zero-order valence-electron chi connectivity index (χ0n) is 17.0. The van der Waals surface area contributed by atoms with Gasteiger partial charge in [0.15, 0.2) is 0 Å². The number of rotatable bonds is 5. The number of nitrogens with zero attached hydrogens (tertiary/aromatic N) is 1. The van der Waals surface area contributed by atoms with Gasteiger partial charge >= 0.3 is 0 Å². The quantitative estimate of drug-likeness (QED) is 0.578. The highest BCUT2D eigenvalue weighted by atomic mass is 32.2. The maximum Gasteiger partial charge on any atom is 0.264 e. The fourth-order valence-corrected chi connectivity index (χ4v) is 5.55. The Balaban J connectivity index is 1.53. The molecule has 4 atom stereocenters. The van der Waals surface area contributed by atoms with Gasteiger partial charge in [0.1, 0.15) is 5.82 Å². The smallest absolute Gasteiger partial charge is 0.264 e. The molecule has 1 heterocycles. The molecule has 0 aliphatic heterocycles. The van der Waals surface area contributed by atoms with Crippen LogP contribution in [0.2, 0.25) is 0 Å². The second kappa shape index (κ2) is 8.39. The van der Waals surface area contributed by atoms with Crippen LogP contribution < -0.4 is 0 Å². The molecule has 0 N–H and O–H groups in total. The molecule has 31 heavy (non-hydrogen) atoms. The van der Waals surface area contributed by atoms with Crippen LogP contribution in [0, 0.1) is 23.6 Å². The molecular formula is C23H24F3NO3S. The van der Waals surface area contributed by atoms with Crippen molar-refractivity contribution in [1.82, 2.24) is 4.98 Å². The third kappa shape index (κ3) is 5.36. The van der Waals surface area contributed by atoms with Gasteiger partial charge in [-0.3, -0.25) is 9.17 Å². The first-order valence-electron chi connectivity index (χ1n) is 10.3. The van der Waals surface area contributed by atoms with Crippen LogP contribution in [-0.4, -0.2) is 31.7 Å². The topological polar surface area (TPSA) is 56.3 Å². The summed E-state index contributed by atoms with van der Waals surface area (Å²) in [4.78, 5) is 4.38. The normalized spacial score (nSPS) is 28.0. The Kier molecular flexibility index (Phi) is 5.96. The Morgan fingerprint density at radius 2 is 2.00 bits per heavy atom. The van der Waals surface area contributed by atoms with Crippen LogP contribution in [0.4, 0.5) is 13.2 Å². The number of hydrogen-bond donors (Lipinski definition) is 0. The van der Waals surface area contributed by atoms with Crippen molar-refractivity contribution in [3.8, 4) is 11.1 Å². The molecule has 0 amide bonds.